The highest BCUT2D eigenvalue weighted by molar-refractivity contribution is 7.35. The van der Waals surface area contributed by atoms with E-state index in [9.17, 15) is 0 Å². The number of fused-ring (bicyclic) bond motifs is 2. The number of benzene rings is 4. The van der Waals surface area contributed by atoms with Crippen molar-refractivity contribution in [3.05, 3.63) is 147 Å². The van der Waals surface area contributed by atoms with Crippen LogP contribution in [0.1, 0.15) is 109 Å². The Morgan fingerprint density at radius 3 is 1.31 bits per heavy atom. The van der Waals surface area contributed by atoms with E-state index in [1.807, 2.05) is 52.8 Å². The minimum atomic E-state index is 0.132. The molecule has 0 bridgehead atoms. The maximum atomic E-state index is 6.60. The summed E-state index contributed by atoms with van der Waals surface area (Å²) >= 11 is 0. The monoisotopic (exact) mass is 767 g/mol. The summed E-state index contributed by atoms with van der Waals surface area (Å²) in [5.74, 6) is 1.86. The van der Waals surface area contributed by atoms with E-state index in [1.54, 1.807) is 18.2 Å². The van der Waals surface area contributed by atoms with E-state index < -0.39 is 0 Å². The Balaban J connectivity index is 0.00000116. The van der Waals surface area contributed by atoms with E-state index in [1.165, 1.54) is 33.5 Å². The van der Waals surface area contributed by atoms with Crippen LogP contribution in [0, 0.1) is 0 Å². The largest absolute Gasteiger partial charge is 0.476 e. The zero-order chi connectivity index (χ0) is 41.2. The molecule has 0 aliphatic heterocycles. The van der Waals surface area contributed by atoms with E-state index in [4.69, 9.17) is 9.05 Å². The first kappa shape index (κ1) is 50.3. The molecule has 0 spiro atoms. The normalized spacial score (nSPS) is 11.6. The van der Waals surface area contributed by atoms with Crippen molar-refractivity contribution in [1.82, 2.24) is 0 Å². The Kier molecular flexibility index (Phi) is 25.9. The fraction of sp³-hybridized carbons (Fsp3) is 0.360. The van der Waals surface area contributed by atoms with Gasteiger partial charge in [0.15, 0.2) is 0 Å². The average Bonchev–Trinajstić information content (AvgIpc) is 3.21. The Morgan fingerprint density at radius 2 is 1.00 bits per heavy atom. The van der Waals surface area contributed by atoms with Crippen LogP contribution >= 0.6 is 17.6 Å². The predicted molar refractivity (Wildman–Crippen MR) is 254 cm³/mol. The number of allylic oxidation sites excluding steroid dienone is 8. The molecule has 0 fully saturated rings. The summed E-state index contributed by atoms with van der Waals surface area (Å²) in [6.07, 6.45) is 15.6. The smallest absolute Gasteiger partial charge is 0.131 e. The van der Waals surface area contributed by atoms with E-state index in [2.05, 4.69) is 148 Å². The lowest BCUT2D eigenvalue weighted by Crippen LogP contribution is -2.12. The molecule has 4 aromatic rings. The number of hydrogen-bond acceptors (Lipinski definition) is 2. The summed E-state index contributed by atoms with van der Waals surface area (Å²) < 4.78 is 13.2. The highest BCUT2D eigenvalue weighted by Gasteiger charge is 2.24. The Labute approximate surface area is 335 Å². The van der Waals surface area contributed by atoms with Crippen LogP contribution in [0.15, 0.2) is 147 Å². The van der Waals surface area contributed by atoms with Crippen LogP contribution in [-0.2, 0) is 0 Å². The second-order valence-corrected chi connectivity index (χ2v) is 17.0. The molecule has 0 saturated carbocycles. The van der Waals surface area contributed by atoms with Crippen LogP contribution in [0.4, 0.5) is 0 Å². The molecule has 2 atom stereocenters. The van der Waals surface area contributed by atoms with Gasteiger partial charge >= 0.3 is 0 Å². The van der Waals surface area contributed by atoms with Crippen LogP contribution in [0.5, 0.6) is 11.5 Å². The van der Waals surface area contributed by atoms with Gasteiger partial charge < -0.3 is 9.05 Å². The Morgan fingerprint density at radius 1 is 0.593 bits per heavy atom. The number of hydrogen-bond donors (Lipinski definition) is 0. The molecule has 4 aromatic carbocycles. The summed E-state index contributed by atoms with van der Waals surface area (Å²) in [4.78, 5) is 0. The molecule has 294 valence electrons. The van der Waals surface area contributed by atoms with Gasteiger partial charge in [-0.15, -0.1) is 0 Å². The Bertz CT molecular complexity index is 1670. The topological polar surface area (TPSA) is 18.5 Å². The lowest BCUT2D eigenvalue weighted by molar-refractivity contribution is 0.566. The predicted octanol–water partition coefficient (Wildman–Crippen LogP) is 17.4. The molecule has 0 radical (unpaired) electrons. The summed E-state index contributed by atoms with van der Waals surface area (Å²) in [6, 6.07) is 25.8. The van der Waals surface area contributed by atoms with E-state index in [0.717, 1.165) is 47.5 Å². The van der Waals surface area contributed by atoms with Gasteiger partial charge in [0.25, 0.3) is 0 Å². The second kappa shape index (κ2) is 27.8. The van der Waals surface area contributed by atoms with Crippen molar-refractivity contribution >= 4 is 39.2 Å². The first-order chi connectivity index (χ1) is 25.9. The third-order valence-electron chi connectivity index (χ3n) is 8.51. The van der Waals surface area contributed by atoms with Gasteiger partial charge in [0.2, 0.25) is 0 Å². The van der Waals surface area contributed by atoms with Crippen LogP contribution < -0.4 is 9.05 Å². The highest BCUT2D eigenvalue weighted by atomic mass is 31.1. The van der Waals surface area contributed by atoms with E-state index in [0.29, 0.717) is 17.6 Å². The van der Waals surface area contributed by atoms with Gasteiger partial charge in [0, 0.05) is 21.4 Å². The summed E-state index contributed by atoms with van der Waals surface area (Å²) in [6.45, 7) is 40.0. The van der Waals surface area contributed by atoms with Gasteiger partial charge in [-0.1, -0.05) is 212 Å². The third kappa shape index (κ3) is 17.2. The second-order valence-electron chi connectivity index (χ2n) is 13.5. The van der Waals surface area contributed by atoms with Crippen LogP contribution in [0.3, 0.4) is 0 Å². The fourth-order valence-electron chi connectivity index (χ4n) is 4.67. The molecule has 0 aliphatic carbocycles. The van der Waals surface area contributed by atoms with Crippen molar-refractivity contribution < 1.29 is 9.05 Å². The molecular weight excluding hydrogens is 694 g/mol. The molecule has 0 saturated heterocycles. The minimum Gasteiger partial charge on any atom is -0.476 e. The molecule has 2 nitrogen and oxygen atoms in total. The van der Waals surface area contributed by atoms with Gasteiger partial charge in [-0.2, -0.15) is 0 Å². The van der Waals surface area contributed by atoms with Crippen molar-refractivity contribution in [2.75, 3.05) is 0 Å². The van der Waals surface area contributed by atoms with Crippen molar-refractivity contribution in [2.24, 2.45) is 0 Å². The van der Waals surface area contributed by atoms with E-state index in [-0.39, 0.29) is 10.3 Å². The summed E-state index contributed by atoms with van der Waals surface area (Å²) in [7, 11) is 0.750. The van der Waals surface area contributed by atoms with E-state index >= 15 is 0 Å². The Hall–Kier alpha value is -3.70. The molecule has 54 heavy (non-hydrogen) atoms. The molecule has 0 heterocycles. The van der Waals surface area contributed by atoms with Crippen LogP contribution in [0.2, 0.25) is 0 Å². The van der Waals surface area contributed by atoms with Gasteiger partial charge in [-0.05, 0) is 65.4 Å². The van der Waals surface area contributed by atoms with Gasteiger partial charge in [0.1, 0.15) is 11.5 Å². The van der Waals surface area contributed by atoms with Crippen molar-refractivity contribution in [2.45, 2.75) is 119 Å². The lowest BCUT2D eigenvalue weighted by atomic mass is 9.92. The van der Waals surface area contributed by atoms with Gasteiger partial charge in [-0.25, -0.2) is 0 Å². The van der Waals surface area contributed by atoms with Crippen LogP contribution in [0.25, 0.3) is 32.7 Å². The zero-order valence-electron chi connectivity index (χ0n) is 35.9. The first-order valence-corrected chi connectivity index (χ1v) is 21.5. The molecule has 0 amide bonds. The third-order valence-corrected chi connectivity index (χ3v) is 11.0. The average molecular weight is 767 g/mol. The van der Waals surface area contributed by atoms with Crippen LogP contribution in [-0.4, -0.2) is 10.3 Å². The molecular formula is C50H72O2P2. The fourth-order valence-corrected chi connectivity index (χ4v) is 6.07. The van der Waals surface area contributed by atoms with Crippen molar-refractivity contribution in [3.63, 3.8) is 0 Å². The molecule has 4 rings (SSSR count). The maximum absolute atomic E-state index is 6.60. The molecule has 0 aliphatic rings. The summed E-state index contributed by atoms with van der Waals surface area (Å²) in [5.41, 5.74) is 4.68. The number of rotatable bonds is 15. The zero-order valence-corrected chi connectivity index (χ0v) is 37.9. The quantitative estimate of drug-likeness (QED) is 0.0886. The summed E-state index contributed by atoms with van der Waals surface area (Å²) in [5, 5.41) is 5.06. The molecule has 4 heteroatoms. The molecule has 0 aromatic heterocycles. The SMILES string of the molecule is C=C/C=C(/C)C=C.C=C/C=C(\C=C)CCC.CC.CC.CCC(C)(C)POc1ccc2ccccc2c1-c1c(OPC(C)(C)CC)ccc2ccccc12. The standard InChI is InChI=1S/C30H36O2P2.C9H14.C7H10.2C2H6/c1-7-29(3,4)33-31-25-19-17-21-13-9-11-15-23(21)27(25)28-24-16-12-10-14-22(24)18-20-26(28)32-34-30(5,6)8-2;1-4-7-9(6-3)8-5-2;1-4-6-7(3)5-2;2*1-2/h9-20,33-34H,7-8H2,1-6H3;4,6-7H,1,3,5,8H2,2H3;4-6H,1-2H2,3H3;2*1-2H3/b;9-7+;7-6-;;. The highest BCUT2D eigenvalue weighted by Crippen LogP contribution is 2.50. The molecule has 0 N–H and O–H groups in total. The lowest BCUT2D eigenvalue weighted by Gasteiger charge is -2.26. The maximum Gasteiger partial charge on any atom is 0.131 e. The van der Waals surface area contributed by atoms with Crippen molar-refractivity contribution in [3.8, 4) is 22.6 Å². The minimum absolute atomic E-state index is 0.132. The van der Waals surface area contributed by atoms with Gasteiger partial charge in [0.05, 0.1) is 17.6 Å². The van der Waals surface area contributed by atoms with Gasteiger partial charge in [-0.3, -0.25) is 0 Å². The van der Waals surface area contributed by atoms with Crippen molar-refractivity contribution in [1.29, 1.82) is 0 Å². The first-order valence-electron chi connectivity index (χ1n) is 19.7. The molecule has 2 unspecified atom stereocenters.